The number of hydrogen-bond donors (Lipinski definition) is 2. The minimum Gasteiger partial charge on any atom is -0.493 e. The molecule has 0 aliphatic heterocycles. The molecule has 0 bridgehead atoms. The molecule has 21 heavy (non-hydrogen) atoms. The number of quaternary nitrogens is 1. The average molecular weight is 294 g/mol. The van der Waals surface area contributed by atoms with Crippen molar-refractivity contribution in [3.8, 4) is 11.5 Å². The quantitative estimate of drug-likeness (QED) is 0.806. The SMILES string of the molecule is C/C=C/c1ccc(OC[C@H](O)C[NH2+]C(C)(C)C)c(OC)c1. The molecule has 0 aliphatic rings. The van der Waals surface area contributed by atoms with Crippen molar-refractivity contribution in [2.24, 2.45) is 0 Å². The lowest BCUT2D eigenvalue weighted by Crippen LogP contribution is -2.96. The Morgan fingerprint density at radius 1 is 1.29 bits per heavy atom. The lowest BCUT2D eigenvalue weighted by atomic mass is 10.1. The van der Waals surface area contributed by atoms with Crippen LogP contribution < -0.4 is 14.8 Å². The first-order chi connectivity index (χ1) is 9.85. The highest BCUT2D eigenvalue weighted by atomic mass is 16.5. The first kappa shape index (κ1) is 17.5. The molecule has 0 spiro atoms. The van der Waals surface area contributed by atoms with Crippen LogP contribution in [0.2, 0.25) is 0 Å². The van der Waals surface area contributed by atoms with Gasteiger partial charge in [-0.15, -0.1) is 0 Å². The minimum atomic E-state index is -0.510. The van der Waals surface area contributed by atoms with E-state index in [0.29, 0.717) is 18.0 Å². The molecule has 0 heterocycles. The molecule has 1 atom stereocenters. The fourth-order valence-electron chi connectivity index (χ4n) is 1.84. The Morgan fingerprint density at radius 2 is 2.00 bits per heavy atom. The maximum absolute atomic E-state index is 9.97. The normalized spacial score (nSPS) is 13.4. The van der Waals surface area contributed by atoms with Crippen LogP contribution in [0, 0.1) is 0 Å². The molecule has 4 nitrogen and oxygen atoms in total. The van der Waals surface area contributed by atoms with Crippen molar-refractivity contribution in [3.63, 3.8) is 0 Å². The molecule has 1 rings (SSSR count). The number of ether oxygens (including phenoxy) is 2. The summed E-state index contributed by atoms with van der Waals surface area (Å²) in [4.78, 5) is 0. The summed E-state index contributed by atoms with van der Waals surface area (Å²) in [5, 5.41) is 12.1. The van der Waals surface area contributed by atoms with Gasteiger partial charge >= 0.3 is 0 Å². The maximum atomic E-state index is 9.97. The van der Waals surface area contributed by atoms with Crippen molar-refractivity contribution in [3.05, 3.63) is 29.8 Å². The van der Waals surface area contributed by atoms with Gasteiger partial charge in [-0.1, -0.05) is 18.2 Å². The van der Waals surface area contributed by atoms with Crippen molar-refractivity contribution < 1.29 is 19.9 Å². The largest absolute Gasteiger partial charge is 0.493 e. The lowest BCUT2D eigenvalue weighted by molar-refractivity contribution is -0.722. The van der Waals surface area contributed by atoms with Crippen LogP contribution >= 0.6 is 0 Å². The number of aliphatic hydroxyl groups is 1. The minimum absolute atomic E-state index is 0.104. The molecular weight excluding hydrogens is 266 g/mol. The molecule has 0 aliphatic carbocycles. The van der Waals surface area contributed by atoms with Gasteiger partial charge < -0.3 is 19.9 Å². The molecule has 0 fully saturated rings. The standard InChI is InChI=1S/C17H27NO3/c1-6-7-13-8-9-15(16(10-13)20-5)21-12-14(19)11-18-17(2,3)4/h6-10,14,18-19H,11-12H2,1-5H3/p+1/b7-6+/t14-/m1/s1. The first-order valence-electron chi connectivity index (χ1n) is 7.31. The summed E-state index contributed by atoms with van der Waals surface area (Å²) in [5.74, 6) is 1.33. The van der Waals surface area contributed by atoms with Crippen LogP contribution in [-0.2, 0) is 0 Å². The number of benzene rings is 1. The molecule has 0 saturated carbocycles. The number of aliphatic hydroxyl groups excluding tert-OH is 1. The summed E-state index contributed by atoms with van der Waals surface area (Å²) in [6.07, 6.45) is 3.46. The molecule has 0 saturated heterocycles. The van der Waals surface area contributed by atoms with Gasteiger partial charge in [0.1, 0.15) is 19.3 Å². The molecule has 3 N–H and O–H groups in total. The molecule has 0 radical (unpaired) electrons. The Hall–Kier alpha value is -1.52. The lowest BCUT2D eigenvalue weighted by Gasteiger charge is -2.20. The highest BCUT2D eigenvalue weighted by Crippen LogP contribution is 2.28. The third-order valence-corrected chi connectivity index (χ3v) is 2.98. The van der Waals surface area contributed by atoms with E-state index in [2.05, 4.69) is 26.1 Å². The molecule has 1 aromatic rings. The van der Waals surface area contributed by atoms with Gasteiger partial charge in [-0.25, -0.2) is 0 Å². The van der Waals surface area contributed by atoms with Crippen LogP contribution in [0.4, 0.5) is 0 Å². The maximum Gasteiger partial charge on any atom is 0.161 e. The predicted octanol–water partition coefficient (Wildman–Crippen LogP) is 1.83. The number of nitrogens with two attached hydrogens (primary N) is 1. The summed E-state index contributed by atoms with van der Waals surface area (Å²) < 4.78 is 11.0. The second-order valence-corrected chi connectivity index (χ2v) is 6.18. The molecule has 118 valence electrons. The van der Waals surface area contributed by atoms with Crippen molar-refractivity contribution >= 4 is 6.08 Å². The summed E-state index contributed by atoms with van der Waals surface area (Å²) in [5.41, 5.74) is 1.16. The fourth-order valence-corrected chi connectivity index (χ4v) is 1.84. The van der Waals surface area contributed by atoms with Gasteiger partial charge in [-0.05, 0) is 45.4 Å². The Kier molecular flexibility index (Phi) is 6.72. The van der Waals surface area contributed by atoms with E-state index < -0.39 is 6.10 Å². The van der Waals surface area contributed by atoms with Crippen LogP contribution in [-0.4, -0.2) is 37.0 Å². The number of hydrogen-bond acceptors (Lipinski definition) is 3. The summed E-state index contributed by atoms with van der Waals surface area (Å²) in [6.45, 7) is 9.18. The van der Waals surface area contributed by atoms with Crippen molar-refractivity contribution in [2.75, 3.05) is 20.3 Å². The molecule has 0 aromatic heterocycles. The van der Waals surface area contributed by atoms with Gasteiger partial charge in [-0.3, -0.25) is 0 Å². The van der Waals surface area contributed by atoms with Crippen LogP contribution in [0.1, 0.15) is 33.3 Å². The van der Waals surface area contributed by atoms with Crippen LogP contribution in [0.5, 0.6) is 11.5 Å². The second-order valence-electron chi connectivity index (χ2n) is 6.18. The van der Waals surface area contributed by atoms with Crippen molar-refractivity contribution in [1.82, 2.24) is 0 Å². The van der Waals surface area contributed by atoms with E-state index in [1.54, 1.807) is 7.11 Å². The van der Waals surface area contributed by atoms with Gasteiger partial charge in [0.15, 0.2) is 11.5 Å². The average Bonchev–Trinajstić information content (AvgIpc) is 2.43. The Morgan fingerprint density at radius 3 is 2.57 bits per heavy atom. The topological polar surface area (TPSA) is 55.3 Å². The van der Waals surface area contributed by atoms with Crippen LogP contribution in [0.3, 0.4) is 0 Å². The van der Waals surface area contributed by atoms with E-state index in [4.69, 9.17) is 9.47 Å². The van der Waals surface area contributed by atoms with Gasteiger partial charge in [0.25, 0.3) is 0 Å². The monoisotopic (exact) mass is 294 g/mol. The summed E-state index contributed by atoms with van der Waals surface area (Å²) >= 11 is 0. The predicted molar refractivity (Wildman–Crippen MR) is 85.7 cm³/mol. The van der Waals surface area contributed by atoms with Crippen LogP contribution in [0.25, 0.3) is 6.08 Å². The fraction of sp³-hybridized carbons (Fsp3) is 0.529. The first-order valence-corrected chi connectivity index (χ1v) is 7.31. The Bertz CT molecular complexity index is 464. The third-order valence-electron chi connectivity index (χ3n) is 2.98. The molecule has 0 unspecified atom stereocenters. The molecular formula is C17H28NO3+. The van der Waals surface area contributed by atoms with E-state index in [1.807, 2.05) is 37.3 Å². The number of allylic oxidation sites excluding steroid dienone is 1. The van der Waals surface area contributed by atoms with E-state index >= 15 is 0 Å². The zero-order valence-corrected chi connectivity index (χ0v) is 13.7. The molecule has 4 heteroatoms. The van der Waals surface area contributed by atoms with E-state index in [0.717, 1.165) is 5.56 Å². The molecule has 0 amide bonds. The smallest absolute Gasteiger partial charge is 0.161 e. The summed E-state index contributed by atoms with van der Waals surface area (Å²) in [6, 6.07) is 5.75. The summed E-state index contributed by atoms with van der Waals surface area (Å²) in [7, 11) is 1.62. The van der Waals surface area contributed by atoms with E-state index in [1.165, 1.54) is 0 Å². The van der Waals surface area contributed by atoms with E-state index in [9.17, 15) is 5.11 Å². The van der Waals surface area contributed by atoms with Gasteiger partial charge in [0.2, 0.25) is 0 Å². The number of methoxy groups -OCH3 is 1. The third kappa shape index (κ3) is 6.65. The van der Waals surface area contributed by atoms with Gasteiger partial charge in [-0.2, -0.15) is 0 Å². The van der Waals surface area contributed by atoms with Gasteiger partial charge in [0.05, 0.1) is 12.6 Å². The highest BCUT2D eigenvalue weighted by Gasteiger charge is 2.17. The molecule has 1 aromatic carbocycles. The van der Waals surface area contributed by atoms with Crippen LogP contribution in [0.15, 0.2) is 24.3 Å². The van der Waals surface area contributed by atoms with E-state index in [-0.39, 0.29) is 12.1 Å². The Balaban J connectivity index is 2.58. The van der Waals surface area contributed by atoms with Gasteiger partial charge in [0, 0.05) is 0 Å². The van der Waals surface area contributed by atoms with Crippen molar-refractivity contribution in [2.45, 2.75) is 39.3 Å². The van der Waals surface area contributed by atoms with Crippen molar-refractivity contribution in [1.29, 1.82) is 0 Å². The zero-order chi connectivity index (χ0) is 15.9. The highest BCUT2D eigenvalue weighted by molar-refractivity contribution is 5.55. The number of rotatable bonds is 7. The zero-order valence-electron chi connectivity index (χ0n) is 13.7. The Labute approximate surface area is 127 Å². The second kappa shape index (κ2) is 8.05.